The number of benzene rings is 3. The smallest absolute Gasteiger partial charge is 0.271 e. The van der Waals surface area contributed by atoms with Crippen LogP contribution >= 0.6 is 0 Å². The Balaban J connectivity index is 1.69. The van der Waals surface area contributed by atoms with Crippen molar-refractivity contribution in [3.63, 3.8) is 0 Å². The minimum Gasteiger partial charge on any atom is -0.490 e. The molecule has 0 aliphatic rings. The number of nitrogens with zero attached hydrogens (tertiary/aromatic N) is 1. The van der Waals surface area contributed by atoms with E-state index in [-0.39, 0.29) is 5.91 Å². The van der Waals surface area contributed by atoms with Gasteiger partial charge in [-0.15, -0.1) is 0 Å². The maximum Gasteiger partial charge on any atom is 0.271 e. The molecule has 0 aromatic heterocycles. The van der Waals surface area contributed by atoms with Crippen LogP contribution in [0.5, 0.6) is 5.75 Å². The van der Waals surface area contributed by atoms with Crippen LogP contribution in [-0.4, -0.2) is 18.2 Å². The SMILES string of the molecule is C=CCOc1ccc(C(=O)N/N=C(\C)c2ccc3ccccc3c2)cc1. The normalized spacial score (nSPS) is 11.2. The lowest BCUT2D eigenvalue weighted by Gasteiger charge is -2.06. The van der Waals surface area contributed by atoms with E-state index in [2.05, 4.69) is 35.3 Å². The van der Waals surface area contributed by atoms with Crippen LogP contribution in [0.3, 0.4) is 0 Å². The molecule has 4 heteroatoms. The van der Waals surface area contributed by atoms with E-state index in [1.54, 1.807) is 30.3 Å². The highest BCUT2D eigenvalue weighted by Gasteiger charge is 2.06. The third-order valence-electron chi connectivity index (χ3n) is 3.98. The molecular formula is C22H20N2O2. The molecule has 0 bridgehead atoms. The van der Waals surface area contributed by atoms with Gasteiger partial charge in [-0.25, -0.2) is 5.43 Å². The zero-order valence-corrected chi connectivity index (χ0v) is 14.6. The number of carbonyl (C=O) groups excluding carboxylic acids is 1. The molecular weight excluding hydrogens is 324 g/mol. The summed E-state index contributed by atoms with van der Waals surface area (Å²) in [5.41, 5.74) is 4.83. The van der Waals surface area contributed by atoms with Crippen molar-refractivity contribution in [2.75, 3.05) is 6.61 Å². The van der Waals surface area contributed by atoms with Crippen molar-refractivity contribution in [3.8, 4) is 5.75 Å². The Morgan fingerprint density at radius 2 is 1.73 bits per heavy atom. The fourth-order valence-electron chi connectivity index (χ4n) is 2.54. The number of hydrazone groups is 1. The molecule has 0 heterocycles. The summed E-state index contributed by atoms with van der Waals surface area (Å²) in [6.45, 7) is 5.90. The highest BCUT2D eigenvalue weighted by atomic mass is 16.5. The molecule has 0 radical (unpaired) electrons. The van der Waals surface area contributed by atoms with Gasteiger partial charge in [-0.2, -0.15) is 5.10 Å². The van der Waals surface area contributed by atoms with Crippen LogP contribution in [0.15, 0.2) is 84.5 Å². The summed E-state index contributed by atoms with van der Waals surface area (Å²) in [6.07, 6.45) is 1.67. The van der Waals surface area contributed by atoms with Crippen LogP contribution in [0.4, 0.5) is 0 Å². The zero-order valence-electron chi connectivity index (χ0n) is 14.6. The maximum absolute atomic E-state index is 12.2. The van der Waals surface area contributed by atoms with Crippen LogP contribution in [0.1, 0.15) is 22.8 Å². The highest BCUT2D eigenvalue weighted by molar-refractivity contribution is 6.03. The summed E-state index contributed by atoms with van der Waals surface area (Å²) < 4.78 is 5.40. The molecule has 0 aliphatic carbocycles. The van der Waals surface area contributed by atoms with E-state index < -0.39 is 0 Å². The molecule has 4 nitrogen and oxygen atoms in total. The van der Waals surface area contributed by atoms with Gasteiger partial charge in [0.05, 0.1) is 5.71 Å². The van der Waals surface area contributed by atoms with E-state index in [9.17, 15) is 4.79 Å². The molecule has 0 saturated heterocycles. The minimum absolute atomic E-state index is 0.264. The van der Waals surface area contributed by atoms with Gasteiger partial charge >= 0.3 is 0 Å². The standard InChI is InChI=1S/C22H20N2O2/c1-3-14-26-21-12-10-18(11-13-21)22(25)24-23-16(2)19-9-8-17-6-4-5-7-20(17)15-19/h3-13,15H,1,14H2,2H3,(H,24,25)/b23-16+. The molecule has 0 aliphatic heterocycles. The molecule has 0 unspecified atom stereocenters. The van der Waals surface area contributed by atoms with Crippen molar-refractivity contribution in [2.45, 2.75) is 6.92 Å². The Labute approximate surface area is 152 Å². The lowest BCUT2D eigenvalue weighted by molar-refractivity contribution is 0.0955. The van der Waals surface area contributed by atoms with Crippen molar-refractivity contribution in [1.29, 1.82) is 0 Å². The monoisotopic (exact) mass is 344 g/mol. The van der Waals surface area contributed by atoms with E-state index in [0.717, 1.165) is 16.7 Å². The summed E-state index contributed by atoms with van der Waals surface area (Å²) >= 11 is 0. The lowest BCUT2D eigenvalue weighted by Crippen LogP contribution is -2.19. The second-order valence-electron chi connectivity index (χ2n) is 5.82. The Morgan fingerprint density at radius 3 is 2.46 bits per heavy atom. The number of carbonyl (C=O) groups is 1. The van der Waals surface area contributed by atoms with Gasteiger partial charge in [-0.1, -0.05) is 49.1 Å². The summed E-state index contributed by atoms with van der Waals surface area (Å²) in [6, 6.07) is 21.1. The predicted octanol–water partition coefficient (Wildman–Crippen LogP) is 4.56. The molecule has 1 amide bonds. The highest BCUT2D eigenvalue weighted by Crippen LogP contribution is 2.16. The van der Waals surface area contributed by atoms with Crippen LogP contribution in [0.25, 0.3) is 10.8 Å². The van der Waals surface area contributed by atoms with Crippen molar-refractivity contribution in [1.82, 2.24) is 5.43 Å². The molecule has 3 aromatic rings. The fourth-order valence-corrected chi connectivity index (χ4v) is 2.54. The van der Waals surface area contributed by atoms with Gasteiger partial charge in [-0.3, -0.25) is 4.79 Å². The third-order valence-corrected chi connectivity index (χ3v) is 3.98. The molecule has 0 spiro atoms. The van der Waals surface area contributed by atoms with Gasteiger partial charge in [-0.05, 0) is 53.6 Å². The average molecular weight is 344 g/mol. The molecule has 0 fully saturated rings. The van der Waals surface area contributed by atoms with Crippen LogP contribution < -0.4 is 10.2 Å². The maximum atomic E-state index is 12.2. The average Bonchev–Trinajstić information content (AvgIpc) is 2.70. The molecule has 1 N–H and O–H groups in total. The number of amides is 1. The van der Waals surface area contributed by atoms with E-state index in [4.69, 9.17) is 4.74 Å². The Kier molecular flexibility index (Phi) is 5.44. The van der Waals surface area contributed by atoms with Crippen molar-refractivity contribution in [2.24, 2.45) is 5.10 Å². The Morgan fingerprint density at radius 1 is 1.04 bits per heavy atom. The van der Waals surface area contributed by atoms with Crippen LogP contribution in [0, 0.1) is 0 Å². The second-order valence-corrected chi connectivity index (χ2v) is 5.82. The number of hydrogen-bond donors (Lipinski definition) is 1. The van der Waals surface area contributed by atoms with E-state index in [1.165, 1.54) is 5.39 Å². The number of hydrogen-bond acceptors (Lipinski definition) is 3. The van der Waals surface area contributed by atoms with Gasteiger partial charge in [0.25, 0.3) is 5.91 Å². The largest absolute Gasteiger partial charge is 0.490 e. The molecule has 130 valence electrons. The summed E-state index contributed by atoms with van der Waals surface area (Å²) in [4.78, 5) is 12.2. The molecule has 0 atom stereocenters. The molecule has 3 aromatic carbocycles. The van der Waals surface area contributed by atoms with Gasteiger partial charge in [0.2, 0.25) is 0 Å². The van der Waals surface area contributed by atoms with Gasteiger partial charge < -0.3 is 4.74 Å². The number of nitrogens with one attached hydrogen (secondary N) is 1. The first-order chi connectivity index (χ1) is 12.7. The first-order valence-electron chi connectivity index (χ1n) is 8.35. The summed E-state index contributed by atoms with van der Waals surface area (Å²) in [5.74, 6) is 0.428. The second kappa shape index (κ2) is 8.12. The molecule has 0 saturated carbocycles. The first-order valence-corrected chi connectivity index (χ1v) is 8.35. The number of ether oxygens (including phenoxy) is 1. The lowest BCUT2D eigenvalue weighted by atomic mass is 10.0. The molecule has 3 rings (SSSR count). The number of rotatable bonds is 6. The van der Waals surface area contributed by atoms with E-state index in [0.29, 0.717) is 17.9 Å². The Hall–Kier alpha value is -3.40. The fraction of sp³-hybridized carbons (Fsp3) is 0.0909. The van der Waals surface area contributed by atoms with Gasteiger partial charge in [0, 0.05) is 5.56 Å². The summed E-state index contributed by atoms with van der Waals surface area (Å²) in [5, 5.41) is 6.53. The van der Waals surface area contributed by atoms with Crippen LogP contribution in [0.2, 0.25) is 0 Å². The van der Waals surface area contributed by atoms with E-state index in [1.807, 2.05) is 31.2 Å². The Bertz CT molecular complexity index is 959. The number of fused-ring (bicyclic) bond motifs is 1. The molecule has 26 heavy (non-hydrogen) atoms. The van der Waals surface area contributed by atoms with E-state index >= 15 is 0 Å². The summed E-state index contributed by atoms with van der Waals surface area (Å²) in [7, 11) is 0. The van der Waals surface area contributed by atoms with Crippen LogP contribution in [-0.2, 0) is 0 Å². The topological polar surface area (TPSA) is 50.7 Å². The third kappa shape index (κ3) is 4.16. The predicted molar refractivity (Wildman–Crippen MR) is 106 cm³/mol. The van der Waals surface area contributed by atoms with Crippen molar-refractivity contribution in [3.05, 3.63) is 90.5 Å². The van der Waals surface area contributed by atoms with Crippen molar-refractivity contribution < 1.29 is 9.53 Å². The van der Waals surface area contributed by atoms with Gasteiger partial charge in [0.1, 0.15) is 12.4 Å². The minimum atomic E-state index is -0.264. The van der Waals surface area contributed by atoms with Crippen molar-refractivity contribution >= 4 is 22.4 Å². The first kappa shape index (κ1) is 17.4. The van der Waals surface area contributed by atoms with Gasteiger partial charge in [0.15, 0.2) is 0 Å². The zero-order chi connectivity index (χ0) is 18.4. The quantitative estimate of drug-likeness (QED) is 0.405.